The fourth-order valence-corrected chi connectivity index (χ4v) is 2.68. The molecule has 0 saturated heterocycles. The third-order valence-electron chi connectivity index (χ3n) is 3.17. The average molecular weight is 375 g/mol. The number of unbranched alkanes of at least 4 members (excludes halogenated alkanes) is 3. The summed E-state index contributed by atoms with van der Waals surface area (Å²) in [7, 11) is 1.75. The van der Waals surface area contributed by atoms with Crippen LogP contribution in [0.1, 0.15) is 45.1 Å². The van der Waals surface area contributed by atoms with Crippen molar-refractivity contribution in [2.45, 2.75) is 52.0 Å². The van der Waals surface area contributed by atoms with Gasteiger partial charge in [0.1, 0.15) is 5.75 Å². The second kappa shape index (κ2) is 9.59. The second-order valence-corrected chi connectivity index (χ2v) is 6.47. The van der Waals surface area contributed by atoms with E-state index < -0.39 is 0 Å². The lowest BCUT2D eigenvalue weighted by atomic mass is 10.1. The highest BCUT2D eigenvalue weighted by Gasteiger charge is 2.03. The Balaban J connectivity index is 2.20. The maximum absolute atomic E-state index is 5.41. The van der Waals surface area contributed by atoms with Gasteiger partial charge in [-0.2, -0.15) is 0 Å². The van der Waals surface area contributed by atoms with Gasteiger partial charge in [0.25, 0.3) is 0 Å². The van der Waals surface area contributed by atoms with E-state index in [1.807, 2.05) is 0 Å². The number of hydrogen-bond acceptors (Lipinski definition) is 2. The van der Waals surface area contributed by atoms with Crippen LogP contribution in [0.25, 0.3) is 0 Å². The molecule has 0 atom stereocenters. The first-order valence-electron chi connectivity index (χ1n) is 7.19. The van der Waals surface area contributed by atoms with Gasteiger partial charge in [-0.1, -0.05) is 26.7 Å². The molecule has 0 unspecified atom stereocenters. The van der Waals surface area contributed by atoms with Crippen molar-refractivity contribution in [2.24, 2.45) is 0 Å². The average Bonchev–Trinajstić information content (AvgIpc) is 2.37. The molecule has 1 N–H and O–H groups in total. The summed E-state index contributed by atoms with van der Waals surface area (Å²) in [6, 6.07) is 7.01. The van der Waals surface area contributed by atoms with Crippen molar-refractivity contribution in [3.8, 4) is 5.75 Å². The Morgan fingerprint density at radius 2 is 1.89 bits per heavy atom. The van der Waals surface area contributed by atoms with E-state index in [1.165, 1.54) is 34.8 Å². The van der Waals surface area contributed by atoms with Gasteiger partial charge in [-0.05, 0) is 72.2 Å². The van der Waals surface area contributed by atoms with Crippen LogP contribution in [0.5, 0.6) is 5.75 Å². The highest BCUT2D eigenvalue weighted by atomic mass is 127. The molecule has 1 rings (SSSR count). The van der Waals surface area contributed by atoms with Gasteiger partial charge in [-0.25, -0.2) is 0 Å². The highest BCUT2D eigenvalue weighted by Crippen LogP contribution is 2.23. The van der Waals surface area contributed by atoms with Gasteiger partial charge in [0.15, 0.2) is 0 Å². The molecular formula is C16H26INO. The second-order valence-electron chi connectivity index (χ2n) is 5.23. The van der Waals surface area contributed by atoms with Gasteiger partial charge in [0.05, 0.1) is 7.11 Å². The molecule has 19 heavy (non-hydrogen) atoms. The van der Waals surface area contributed by atoms with Gasteiger partial charge in [0, 0.05) is 9.61 Å². The highest BCUT2D eigenvalue weighted by molar-refractivity contribution is 14.1. The van der Waals surface area contributed by atoms with Crippen LogP contribution in [0, 0.1) is 3.57 Å². The minimum atomic E-state index is 0.607. The van der Waals surface area contributed by atoms with Crippen molar-refractivity contribution in [2.75, 3.05) is 13.7 Å². The molecule has 108 valence electrons. The van der Waals surface area contributed by atoms with Crippen LogP contribution < -0.4 is 10.1 Å². The van der Waals surface area contributed by atoms with Crippen molar-refractivity contribution in [1.82, 2.24) is 5.32 Å². The summed E-state index contributed by atoms with van der Waals surface area (Å²) in [4.78, 5) is 0. The molecule has 0 aliphatic heterocycles. The third-order valence-corrected chi connectivity index (χ3v) is 3.84. The zero-order chi connectivity index (χ0) is 14.1. The van der Waals surface area contributed by atoms with E-state index in [-0.39, 0.29) is 0 Å². The van der Waals surface area contributed by atoms with Crippen molar-refractivity contribution in [1.29, 1.82) is 0 Å². The van der Waals surface area contributed by atoms with E-state index in [4.69, 9.17) is 4.74 Å². The molecule has 0 saturated carbocycles. The molecule has 2 nitrogen and oxygen atoms in total. The summed E-state index contributed by atoms with van der Waals surface area (Å²) >= 11 is 2.36. The quantitative estimate of drug-likeness (QED) is 0.510. The topological polar surface area (TPSA) is 21.3 Å². The fourth-order valence-electron chi connectivity index (χ4n) is 2.13. The summed E-state index contributed by atoms with van der Waals surface area (Å²) in [5.74, 6) is 1.03. The maximum atomic E-state index is 5.41. The summed E-state index contributed by atoms with van der Waals surface area (Å²) in [5.41, 5.74) is 1.34. The van der Waals surface area contributed by atoms with Gasteiger partial charge in [0.2, 0.25) is 0 Å². The SMILES string of the molecule is COc1ccc(I)cc1CCCCCCNC(C)C. The normalized spacial score (nSPS) is 11.0. The van der Waals surface area contributed by atoms with E-state index in [9.17, 15) is 0 Å². The summed E-state index contributed by atoms with van der Waals surface area (Å²) in [6.45, 7) is 5.54. The van der Waals surface area contributed by atoms with Crippen LogP contribution >= 0.6 is 22.6 Å². The molecule has 0 aliphatic carbocycles. The van der Waals surface area contributed by atoms with Gasteiger partial charge in [-0.15, -0.1) is 0 Å². The summed E-state index contributed by atoms with van der Waals surface area (Å²) in [5, 5.41) is 3.46. The number of rotatable bonds is 9. The van der Waals surface area contributed by atoms with E-state index in [0.717, 1.165) is 18.7 Å². The van der Waals surface area contributed by atoms with E-state index >= 15 is 0 Å². The van der Waals surface area contributed by atoms with E-state index in [1.54, 1.807) is 7.11 Å². The summed E-state index contributed by atoms with van der Waals surface area (Å²) in [6.07, 6.45) is 6.26. The molecule has 0 aliphatic rings. The third kappa shape index (κ3) is 7.16. The molecule has 1 aromatic carbocycles. The smallest absolute Gasteiger partial charge is 0.122 e. The monoisotopic (exact) mass is 375 g/mol. The minimum absolute atomic E-state index is 0.607. The van der Waals surface area contributed by atoms with Crippen molar-refractivity contribution >= 4 is 22.6 Å². The molecule has 0 aromatic heterocycles. The largest absolute Gasteiger partial charge is 0.496 e. The predicted molar refractivity (Wildman–Crippen MR) is 91.0 cm³/mol. The van der Waals surface area contributed by atoms with Crippen LogP contribution in [0.2, 0.25) is 0 Å². The predicted octanol–water partition coefficient (Wildman–Crippen LogP) is 4.40. The number of ether oxygens (including phenoxy) is 1. The Kier molecular flexibility index (Phi) is 8.46. The first kappa shape index (κ1) is 16.8. The molecule has 0 bridgehead atoms. The Bertz CT molecular complexity index is 366. The first-order valence-corrected chi connectivity index (χ1v) is 8.27. The van der Waals surface area contributed by atoms with Crippen LogP contribution in [-0.4, -0.2) is 19.7 Å². The van der Waals surface area contributed by atoms with Crippen molar-refractivity contribution < 1.29 is 4.74 Å². The minimum Gasteiger partial charge on any atom is -0.496 e. The number of hydrogen-bond donors (Lipinski definition) is 1. The number of benzene rings is 1. The lowest BCUT2D eigenvalue weighted by Gasteiger charge is -2.09. The Morgan fingerprint density at radius 3 is 2.58 bits per heavy atom. The number of methoxy groups -OCH3 is 1. The van der Waals surface area contributed by atoms with Crippen LogP contribution in [-0.2, 0) is 6.42 Å². The Labute approximate surface area is 131 Å². The van der Waals surface area contributed by atoms with Gasteiger partial charge >= 0.3 is 0 Å². The molecule has 1 aromatic rings. The molecule has 0 amide bonds. The molecule has 0 heterocycles. The lowest BCUT2D eigenvalue weighted by molar-refractivity contribution is 0.408. The van der Waals surface area contributed by atoms with E-state index in [2.05, 4.69) is 60.0 Å². The standard InChI is InChI=1S/C16H26INO/c1-13(2)18-11-7-5-4-6-8-14-12-15(17)9-10-16(14)19-3/h9-10,12-13,18H,4-8,11H2,1-3H3. The summed E-state index contributed by atoms with van der Waals surface area (Å²) < 4.78 is 6.70. The molecular weight excluding hydrogens is 349 g/mol. The lowest BCUT2D eigenvalue weighted by Crippen LogP contribution is -2.23. The number of halogens is 1. The van der Waals surface area contributed by atoms with Crippen LogP contribution in [0.4, 0.5) is 0 Å². The van der Waals surface area contributed by atoms with Crippen LogP contribution in [0.3, 0.4) is 0 Å². The maximum Gasteiger partial charge on any atom is 0.122 e. The Hall–Kier alpha value is -0.290. The molecule has 0 spiro atoms. The van der Waals surface area contributed by atoms with E-state index in [0.29, 0.717) is 6.04 Å². The van der Waals surface area contributed by atoms with Gasteiger partial charge < -0.3 is 10.1 Å². The van der Waals surface area contributed by atoms with Gasteiger partial charge in [-0.3, -0.25) is 0 Å². The van der Waals surface area contributed by atoms with Crippen molar-refractivity contribution in [3.05, 3.63) is 27.3 Å². The zero-order valence-electron chi connectivity index (χ0n) is 12.3. The Morgan fingerprint density at radius 1 is 1.16 bits per heavy atom. The van der Waals surface area contributed by atoms with Crippen LogP contribution in [0.15, 0.2) is 18.2 Å². The number of nitrogens with one attached hydrogen (secondary N) is 1. The molecule has 0 radical (unpaired) electrons. The first-order chi connectivity index (χ1) is 9.13. The fraction of sp³-hybridized carbons (Fsp3) is 0.625. The number of aryl methyl sites for hydroxylation is 1. The van der Waals surface area contributed by atoms with Crippen molar-refractivity contribution in [3.63, 3.8) is 0 Å². The zero-order valence-corrected chi connectivity index (χ0v) is 14.5. The molecule has 3 heteroatoms. The molecule has 0 fully saturated rings.